The molecular formula is C16H20N2O. The lowest BCUT2D eigenvalue weighted by Gasteiger charge is -2.17. The highest BCUT2D eigenvalue weighted by Gasteiger charge is 2.17. The minimum atomic E-state index is -0.155. The van der Waals surface area contributed by atoms with Crippen LogP contribution in [-0.4, -0.2) is 18.5 Å². The lowest BCUT2D eigenvalue weighted by molar-refractivity contribution is -0.122. The molecule has 0 radical (unpaired) electrons. The van der Waals surface area contributed by atoms with Crippen LogP contribution in [0.15, 0.2) is 30.4 Å². The fraction of sp³-hybridized carbons (Fsp3) is 0.438. The predicted molar refractivity (Wildman–Crippen MR) is 75.9 cm³/mol. The first-order valence-corrected chi connectivity index (χ1v) is 7.11. The molecule has 2 aliphatic rings. The third-order valence-electron chi connectivity index (χ3n) is 3.95. The van der Waals surface area contributed by atoms with E-state index in [2.05, 4.69) is 28.8 Å². The van der Waals surface area contributed by atoms with Gasteiger partial charge in [0.25, 0.3) is 0 Å². The zero-order chi connectivity index (χ0) is 13.1. The van der Waals surface area contributed by atoms with E-state index in [0.717, 1.165) is 6.54 Å². The molecule has 1 unspecified atom stereocenters. The molecule has 3 nitrogen and oxygen atoms in total. The Kier molecular flexibility index (Phi) is 3.65. The Bertz CT molecular complexity index is 507. The van der Waals surface area contributed by atoms with Gasteiger partial charge in [0.2, 0.25) is 5.91 Å². The van der Waals surface area contributed by atoms with Crippen LogP contribution in [-0.2, 0) is 24.2 Å². The monoisotopic (exact) mass is 256 g/mol. The van der Waals surface area contributed by atoms with Crippen molar-refractivity contribution in [1.29, 1.82) is 0 Å². The number of rotatable bonds is 3. The largest absolute Gasteiger partial charge is 0.350 e. The van der Waals surface area contributed by atoms with E-state index in [-0.39, 0.29) is 11.9 Å². The highest BCUT2D eigenvalue weighted by Crippen LogP contribution is 2.22. The zero-order valence-electron chi connectivity index (χ0n) is 11.1. The van der Waals surface area contributed by atoms with E-state index in [0.29, 0.717) is 6.54 Å². The molecule has 2 N–H and O–H groups in total. The Labute approximate surface area is 114 Å². The third kappa shape index (κ3) is 2.87. The first-order valence-electron chi connectivity index (χ1n) is 7.11. The molecule has 1 amide bonds. The van der Waals surface area contributed by atoms with Gasteiger partial charge in [-0.25, -0.2) is 0 Å². The zero-order valence-corrected chi connectivity index (χ0v) is 11.1. The number of carbonyl (C=O) groups is 1. The average Bonchev–Trinajstić information content (AvgIpc) is 2.99. The molecule has 0 fully saturated rings. The molecule has 1 heterocycles. The van der Waals surface area contributed by atoms with Crippen LogP contribution < -0.4 is 10.6 Å². The lowest BCUT2D eigenvalue weighted by Crippen LogP contribution is -2.40. The summed E-state index contributed by atoms with van der Waals surface area (Å²) < 4.78 is 0. The van der Waals surface area contributed by atoms with Gasteiger partial charge in [0.05, 0.1) is 0 Å². The van der Waals surface area contributed by atoms with Crippen molar-refractivity contribution < 1.29 is 4.79 Å². The van der Waals surface area contributed by atoms with Crippen molar-refractivity contribution in [2.24, 2.45) is 0 Å². The topological polar surface area (TPSA) is 41.1 Å². The van der Waals surface area contributed by atoms with Gasteiger partial charge in [0.15, 0.2) is 0 Å². The molecule has 100 valence electrons. The van der Waals surface area contributed by atoms with Gasteiger partial charge in [-0.05, 0) is 42.4 Å². The van der Waals surface area contributed by atoms with Gasteiger partial charge in [-0.3, -0.25) is 10.1 Å². The summed E-state index contributed by atoms with van der Waals surface area (Å²) in [6.07, 6.45) is 8.90. The molecule has 1 aromatic rings. The van der Waals surface area contributed by atoms with Gasteiger partial charge in [-0.15, -0.1) is 0 Å². The molecule has 0 aromatic heterocycles. The normalized spacial score (nSPS) is 21.2. The van der Waals surface area contributed by atoms with Crippen LogP contribution in [0.3, 0.4) is 0 Å². The van der Waals surface area contributed by atoms with Gasteiger partial charge in [-0.1, -0.05) is 30.4 Å². The first kappa shape index (κ1) is 12.4. The predicted octanol–water partition coefficient (Wildman–Crippen LogP) is 1.71. The summed E-state index contributed by atoms with van der Waals surface area (Å²) in [5.41, 5.74) is 4.16. The standard InChI is InChI=1S/C16H20N2O/c19-16(15-6-3-9-17-15)18-11-12-7-8-13-4-1-2-5-14(13)10-12/h3,6-8,10,15,17H,1-2,4-5,9,11H2,(H,18,19). The van der Waals surface area contributed by atoms with Gasteiger partial charge in [-0.2, -0.15) is 0 Å². The second kappa shape index (κ2) is 5.57. The smallest absolute Gasteiger partial charge is 0.241 e. The van der Waals surface area contributed by atoms with E-state index in [1.165, 1.54) is 42.4 Å². The maximum Gasteiger partial charge on any atom is 0.241 e. The molecule has 0 saturated carbocycles. The molecular weight excluding hydrogens is 236 g/mol. The molecule has 3 heteroatoms. The summed E-state index contributed by atoms with van der Waals surface area (Å²) in [5.74, 6) is 0.0615. The SMILES string of the molecule is O=C(NCc1ccc2c(c1)CCCC2)C1C=CCN1. The Hall–Kier alpha value is -1.61. The van der Waals surface area contributed by atoms with Crippen molar-refractivity contribution in [3.05, 3.63) is 47.0 Å². The Morgan fingerprint density at radius 3 is 2.89 bits per heavy atom. The van der Waals surface area contributed by atoms with E-state index >= 15 is 0 Å². The number of amides is 1. The Morgan fingerprint density at radius 1 is 1.26 bits per heavy atom. The molecule has 0 bridgehead atoms. The number of aryl methyl sites for hydroxylation is 2. The van der Waals surface area contributed by atoms with Crippen LogP contribution >= 0.6 is 0 Å². The van der Waals surface area contributed by atoms with E-state index in [9.17, 15) is 4.79 Å². The fourth-order valence-electron chi connectivity index (χ4n) is 2.84. The highest BCUT2D eigenvalue weighted by molar-refractivity contribution is 5.84. The maximum atomic E-state index is 11.9. The molecule has 19 heavy (non-hydrogen) atoms. The molecule has 1 aliphatic heterocycles. The number of carbonyl (C=O) groups excluding carboxylic acids is 1. The second-order valence-electron chi connectivity index (χ2n) is 5.34. The summed E-state index contributed by atoms with van der Waals surface area (Å²) in [4.78, 5) is 11.9. The molecule has 3 rings (SSSR count). The van der Waals surface area contributed by atoms with E-state index in [4.69, 9.17) is 0 Å². The van der Waals surface area contributed by atoms with Crippen LogP contribution in [0, 0.1) is 0 Å². The maximum absolute atomic E-state index is 11.9. The van der Waals surface area contributed by atoms with Crippen molar-refractivity contribution in [2.75, 3.05) is 6.54 Å². The number of hydrogen-bond acceptors (Lipinski definition) is 2. The van der Waals surface area contributed by atoms with E-state index in [1.54, 1.807) is 0 Å². The second-order valence-corrected chi connectivity index (χ2v) is 5.34. The van der Waals surface area contributed by atoms with Crippen LogP contribution in [0.2, 0.25) is 0 Å². The van der Waals surface area contributed by atoms with Crippen LogP contribution in [0.5, 0.6) is 0 Å². The van der Waals surface area contributed by atoms with Crippen molar-refractivity contribution >= 4 is 5.91 Å². The average molecular weight is 256 g/mol. The van der Waals surface area contributed by atoms with Gasteiger partial charge in [0.1, 0.15) is 6.04 Å². The third-order valence-corrected chi connectivity index (χ3v) is 3.95. The number of nitrogens with one attached hydrogen (secondary N) is 2. The van der Waals surface area contributed by atoms with Crippen LogP contribution in [0.25, 0.3) is 0 Å². The van der Waals surface area contributed by atoms with Crippen molar-refractivity contribution in [1.82, 2.24) is 10.6 Å². The van der Waals surface area contributed by atoms with Gasteiger partial charge >= 0.3 is 0 Å². The van der Waals surface area contributed by atoms with Gasteiger partial charge < -0.3 is 5.32 Å². The first-order chi connectivity index (χ1) is 9.33. The van der Waals surface area contributed by atoms with Crippen molar-refractivity contribution in [3.8, 4) is 0 Å². The molecule has 1 aromatic carbocycles. The number of hydrogen-bond donors (Lipinski definition) is 2. The van der Waals surface area contributed by atoms with Crippen molar-refractivity contribution in [3.63, 3.8) is 0 Å². The lowest BCUT2D eigenvalue weighted by atomic mass is 9.90. The van der Waals surface area contributed by atoms with Crippen LogP contribution in [0.1, 0.15) is 29.5 Å². The van der Waals surface area contributed by atoms with Gasteiger partial charge in [0, 0.05) is 13.1 Å². The van der Waals surface area contributed by atoms with Crippen molar-refractivity contribution in [2.45, 2.75) is 38.3 Å². The van der Waals surface area contributed by atoms with Crippen LogP contribution in [0.4, 0.5) is 0 Å². The highest BCUT2D eigenvalue weighted by atomic mass is 16.2. The van der Waals surface area contributed by atoms with E-state index < -0.39 is 0 Å². The molecule has 1 atom stereocenters. The van der Waals surface area contributed by atoms with E-state index in [1.807, 2.05) is 12.2 Å². The summed E-state index contributed by atoms with van der Waals surface area (Å²) in [5, 5.41) is 6.11. The summed E-state index contributed by atoms with van der Waals surface area (Å²) in [6.45, 7) is 1.41. The summed E-state index contributed by atoms with van der Waals surface area (Å²) >= 11 is 0. The summed E-state index contributed by atoms with van der Waals surface area (Å²) in [6, 6.07) is 6.47. The quantitative estimate of drug-likeness (QED) is 0.808. The number of fused-ring (bicyclic) bond motifs is 1. The minimum Gasteiger partial charge on any atom is -0.350 e. The number of benzene rings is 1. The summed E-state index contributed by atoms with van der Waals surface area (Å²) in [7, 11) is 0. The molecule has 0 saturated heterocycles. The minimum absolute atomic E-state index is 0.0615. The Morgan fingerprint density at radius 2 is 2.11 bits per heavy atom. The fourth-order valence-corrected chi connectivity index (χ4v) is 2.84. The Balaban J connectivity index is 1.60. The molecule has 0 spiro atoms. The molecule has 1 aliphatic carbocycles.